The van der Waals surface area contributed by atoms with Gasteiger partial charge in [-0.2, -0.15) is 0 Å². The maximum Gasteiger partial charge on any atom is 0.312 e. The van der Waals surface area contributed by atoms with Crippen molar-refractivity contribution < 1.29 is 23.7 Å². The molecule has 0 saturated heterocycles. The molecule has 0 aromatic heterocycles. The fourth-order valence-corrected chi connectivity index (χ4v) is 3.79. The van der Waals surface area contributed by atoms with Crippen LogP contribution < -0.4 is 18.9 Å². The zero-order valence-corrected chi connectivity index (χ0v) is 14.2. The largest absolute Gasteiger partial charge is 0.496 e. The molecule has 0 aliphatic carbocycles. The number of rotatable bonds is 2. The Labute approximate surface area is 150 Å². The quantitative estimate of drug-likeness (QED) is 0.517. The molecule has 0 N–H and O–H groups in total. The van der Waals surface area contributed by atoms with Gasteiger partial charge in [-0.3, -0.25) is 4.79 Å². The lowest BCUT2D eigenvalue weighted by atomic mass is 9.83. The first-order valence-corrected chi connectivity index (χ1v) is 8.44. The van der Waals surface area contributed by atoms with Crippen molar-refractivity contribution in [1.29, 1.82) is 0 Å². The predicted octanol–water partition coefficient (Wildman–Crippen LogP) is 4.02. The molecule has 5 rings (SSSR count). The Balaban J connectivity index is 1.73. The number of fused-ring (bicyclic) bond motifs is 3. The van der Waals surface area contributed by atoms with Gasteiger partial charge in [-0.25, -0.2) is 0 Å². The van der Waals surface area contributed by atoms with E-state index in [1.807, 2.05) is 36.4 Å². The predicted molar refractivity (Wildman–Crippen MR) is 95.2 cm³/mol. The first-order valence-electron chi connectivity index (χ1n) is 8.44. The summed E-state index contributed by atoms with van der Waals surface area (Å²) < 4.78 is 21.9. The van der Waals surface area contributed by atoms with Gasteiger partial charge in [0, 0.05) is 22.9 Å². The molecule has 0 spiro atoms. The lowest BCUT2D eigenvalue weighted by Gasteiger charge is -2.26. The average molecular weight is 348 g/mol. The third kappa shape index (κ3) is 2.20. The van der Waals surface area contributed by atoms with Crippen LogP contribution in [0.15, 0.2) is 48.5 Å². The van der Waals surface area contributed by atoms with Crippen LogP contribution in [0.1, 0.15) is 23.5 Å². The van der Waals surface area contributed by atoms with E-state index in [9.17, 15) is 4.79 Å². The van der Waals surface area contributed by atoms with Gasteiger partial charge in [0.25, 0.3) is 0 Å². The number of hydrogen-bond acceptors (Lipinski definition) is 5. The van der Waals surface area contributed by atoms with E-state index in [0.717, 1.165) is 27.6 Å². The van der Waals surface area contributed by atoms with Crippen LogP contribution in [0.4, 0.5) is 0 Å². The second kappa shape index (κ2) is 5.66. The van der Waals surface area contributed by atoms with Gasteiger partial charge < -0.3 is 18.9 Å². The van der Waals surface area contributed by atoms with E-state index in [1.165, 1.54) is 0 Å². The van der Waals surface area contributed by atoms with Crippen molar-refractivity contribution in [2.75, 3.05) is 13.9 Å². The van der Waals surface area contributed by atoms with Crippen LogP contribution in [0.25, 0.3) is 10.8 Å². The van der Waals surface area contributed by atoms with Crippen molar-refractivity contribution in [3.05, 3.63) is 59.7 Å². The molecular weight excluding hydrogens is 332 g/mol. The van der Waals surface area contributed by atoms with E-state index >= 15 is 0 Å². The molecule has 2 aliphatic rings. The Morgan fingerprint density at radius 3 is 2.50 bits per heavy atom. The second-order valence-corrected chi connectivity index (χ2v) is 6.38. The normalized spacial score (nSPS) is 17.7. The summed E-state index contributed by atoms with van der Waals surface area (Å²) in [6, 6.07) is 15.7. The summed E-state index contributed by atoms with van der Waals surface area (Å²) in [7, 11) is 1.66. The number of carbonyl (C=O) groups excluding carboxylic acids is 1. The Bertz CT molecular complexity index is 1040. The van der Waals surface area contributed by atoms with Crippen molar-refractivity contribution in [3.8, 4) is 23.0 Å². The summed E-state index contributed by atoms with van der Waals surface area (Å²) in [5, 5.41) is 2.09. The Morgan fingerprint density at radius 1 is 0.923 bits per heavy atom. The Kier molecular flexibility index (Phi) is 3.28. The van der Waals surface area contributed by atoms with Crippen LogP contribution in [-0.4, -0.2) is 19.9 Å². The van der Waals surface area contributed by atoms with Gasteiger partial charge in [0.15, 0.2) is 11.5 Å². The lowest BCUT2D eigenvalue weighted by Crippen LogP contribution is -2.21. The minimum absolute atomic E-state index is 0.114. The minimum Gasteiger partial charge on any atom is -0.496 e. The molecule has 5 nitrogen and oxygen atoms in total. The molecule has 0 fully saturated rings. The highest BCUT2D eigenvalue weighted by Gasteiger charge is 2.32. The lowest BCUT2D eigenvalue weighted by molar-refractivity contribution is -0.135. The fraction of sp³-hybridized carbons (Fsp3) is 0.190. The van der Waals surface area contributed by atoms with Gasteiger partial charge in [0.05, 0.1) is 13.5 Å². The van der Waals surface area contributed by atoms with E-state index in [4.69, 9.17) is 18.9 Å². The number of ether oxygens (including phenoxy) is 4. The highest BCUT2D eigenvalue weighted by molar-refractivity contribution is 5.93. The Hall–Kier alpha value is -3.21. The molecule has 130 valence electrons. The smallest absolute Gasteiger partial charge is 0.312 e. The van der Waals surface area contributed by atoms with Crippen LogP contribution in [0.2, 0.25) is 0 Å². The van der Waals surface area contributed by atoms with E-state index < -0.39 is 0 Å². The number of hydrogen-bond donors (Lipinski definition) is 0. The van der Waals surface area contributed by atoms with Crippen LogP contribution >= 0.6 is 0 Å². The second-order valence-electron chi connectivity index (χ2n) is 6.38. The van der Waals surface area contributed by atoms with Crippen molar-refractivity contribution in [1.82, 2.24) is 0 Å². The van der Waals surface area contributed by atoms with Crippen molar-refractivity contribution in [2.45, 2.75) is 12.3 Å². The molecule has 0 saturated carbocycles. The molecule has 0 radical (unpaired) electrons. The fourth-order valence-electron chi connectivity index (χ4n) is 3.79. The molecule has 3 aromatic carbocycles. The SMILES string of the molecule is COc1ccc([C@H]2CC(=O)Oc3cc4c(cc32)OCO4)c2ccccc12. The summed E-state index contributed by atoms with van der Waals surface area (Å²) in [5.74, 6) is 2.28. The van der Waals surface area contributed by atoms with Gasteiger partial charge >= 0.3 is 5.97 Å². The van der Waals surface area contributed by atoms with Crippen LogP contribution in [0, 0.1) is 0 Å². The number of carbonyl (C=O) groups is 1. The maximum atomic E-state index is 12.2. The number of methoxy groups -OCH3 is 1. The molecule has 2 aliphatic heterocycles. The third-order valence-corrected chi connectivity index (χ3v) is 4.99. The number of benzene rings is 3. The zero-order chi connectivity index (χ0) is 17.7. The standard InChI is InChI=1S/C21H16O5/c1-23-17-7-6-13(12-4-2-3-5-14(12)17)15-9-21(22)26-18-10-20-19(8-16(15)18)24-11-25-20/h2-8,10,15H,9,11H2,1H3/t15-/m1/s1. The van der Waals surface area contributed by atoms with E-state index in [0.29, 0.717) is 17.2 Å². The average Bonchev–Trinajstić information content (AvgIpc) is 3.12. The van der Waals surface area contributed by atoms with E-state index in [1.54, 1.807) is 13.2 Å². The summed E-state index contributed by atoms with van der Waals surface area (Å²) >= 11 is 0. The topological polar surface area (TPSA) is 54.0 Å². The van der Waals surface area contributed by atoms with Gasteiger partial charge in [-0.15, -0.1) is 0 Å². The molecular formula is C21H16O5. The molecule has 3 aromatic rings. The summed E-state index contributed by atoms with van der Waals surface area (Å²) in [5.41, 5.74) is 2.00. The molecule has 26 heavy (non-hydrogen) atoms. The van der Waals surface area contributed by atoms with Gasteiger partial charge in [-0.05, 0) is 23.1 Å². The van der Waals surface area contributed by atoms with Crippen molar-refractivity contribution in [2.24, 2.45) is 0 Å². The van der Waals surface area contributed by atoms with E-state index in [-0.39, 0.29) is 25.1 Å². The summed E-state index contributed by atoms with van der Waals surface area (Å²) in [6.45, 7) is 0.183. The van der Waals surface area contributed by atoms with Crippen LogP contribution in [0.5, 0.6) is 23.0 Å². The minimum atomic E-state index is -0.249. The van der Waals surface area contributed by atoms with Crippen molar-refractivity contribution >= 4 is 16.7 Å². The number of esters is 1. The molecule has 0 amide bonds. The van der Waals surface area contributed by atoms with Gasteiger partial charge in [0.2, 0.25) is 6.79 Å². The van der Waals surface area contributed by atoms with E-state index in [2.05, 4.69) is 6.07 Å². The van der Waals surface area contributed by atoms with Crippen LogP contribution in [-0.2, 0) is 4.79 Å². The van der Waals surface area contributed by atoms with Gasteiger partial charge in [-0.1, -0.05) is 30.3 Å². The van der Waals surface area contributed by atoms with Crippen LogP contribution in [0.3, 0.4) is 0 Å². The van der Waals surface area contributed by atoms with Gasteiger partial charge in [0.1, 0.15) is 11.5 Å². The summed E-state index contributed by atoms with van der Waals surface area (Å²) in [6.07, 6.45) is 0.281. The monoisotopic (exact) mass is 348 g/mol. The first-order chi connectivity index (χ1) is 12.7. The first kappa shape index (κ1) is 15.1. The molecule has 1 atom stereocenters. The molecule has 0 bridgehead atoms. The highest BCUT2D eigenvalue weighted by atomic mass is 16.7. The van der Waals surface area contributed by atoms with Crippen molar-refractivity contribution in [3.63, 3.8) is 0 Å². The zero-order valence-electron chi connectivity index (χ0n) is 14.2. The molecule has 5 heteroatoms. The third-order valence-electron chi connectivity index (χ3n) is 4.99. The molecule has 0 unspecified atom stereocenters. The Morgan fingerprint density at radius 2 is 1.69 bits per heavy atom. The molecule has 2 heterocycles. The maximum absolute atomic E-state index is 12.2. The summed E-state index contributed by atoms with van der Waals surface area (Å²) in [4.78, 5) is 12.2. The highest BCUT2D eigenvalue weighted by Crippen LogP contribution is 2.47.